The van der Waals surface area contributed by atoms with Crippen LogP contribution < -0.4 is 26.2 Å². The maximum atomic E-state index is 14.2. The molecule has 0 spiro atoms. The number of benzene rings is 1. The van der Waals surface area contributed by atoms with Crippen molar-refractivity contribution in [3.8, 4) is 0 Å². The Hall–Kier alpha value is -4.58. The van der Waals surface area contributed by atoms with Crippen LogP contribution in [0.25, 0.3) is 0 Å². The summed E-state index contributed by atoms with van der Waals surface area (Å²) in [5, 5.41) is 69.3. The Kier molecular flexibility index (Phi) is 32.6. The van der Waals surface area contributed by atoms with E-state index in [1.165, 1.54) is 20.9 Å². The molecule has 0 saturated carbocycles. The zero-order valence-corrected chi connectivity index (χ0v) is 54.4. The van der Waals surface area contributed by atoms with Crippen LogP contribution in [-0.2, 0) is 43.2 Å². The monoisotopic (exact) mass is 1530 g/mol. The number of likely N-dealkylation sites (N-methyl/N-ethyl adjacent to an activating group) is 1. The average Bonchev–Trinajstić information content (AvgIpc) is 1.38. The fraction of sp³-hybridized carbons (Fsp3) is 0.667. The Morgan fingerprint density at radius 1 is 0.429 bits per heavy atom. The Morgan fingerprint density at radius 3 is 0.929 bits per heavy atom. The molecule has 33 heteroatoms. The second-order valence-corrected chi connectivity index (χ2v) is 23.7. The van der Waals surface area contributed by atoms with Crippen molar-refractivity contribution in [2.24, 2.45) is 0 Å². The molecule has 0 aromatic heterocycles. The minimum absolute atomic E-state index is 0.0125. The van der Waals surface area contributed by atoms with Crippen molar-refractivity contribution >= 4 is 139 Å². The molecule has 30 nitrogen and oxygen atoms in total. The number of carbonyl (C=O) groups is 11. The normalized spacial score (nSPS) is 18.0. The molecule has 0 radical (unpaired) electrons. The fourth-order valence-corrected chi connectivity index (χ4v) is 14.2. The van der Waals surface area contributed by atoms with Gasteiger partial charge in [0.15, 0.2) is 0 Å². The highest BCUT2D eigenvalue weighted by atomic mass is 127. The van der Waals surface area contributed by atoms with Gasteiger partial charge < -0.3 is 56.8 Å². The van der Waals surface area contributed by atoms with Gasteiger partial charge >= 0.3 is 29.8 Å². The summed E-state index contributed by atoms with van der Waals surface area (Å²) in [6, 6.07) is -1.57. The van der Waals surface area contributed by atoms with Crippen molar-refractivity contribution in [3.63, 3.8) is 0 Å². The van der Waals surface area contributed by atoms with Gasteiger partial charge in [-0.15, -0.1) is 0 Å². The summed E-state index contributed by atoms with van der Waals surface area (Å²) in [7, 11) is 1.39. The second kappa shape index (κ2) is 37.2. The van der Waals surface area contributed by atoms with Crippen LogP contribution in [0.1, 0.15) is 48.4 Å². The molecule has 2 saturated heterocycles. The Balaban J connectivity index is 1.78. The van der Waals surface area contributed by atoms with Crippen LogP contribution in [0.3, 0.4) is 0 Å². The molecule has 2 heterocycles. The number of carboxylic acid groups (broad SMARTS) is 5. The van der Waals surface area contributed by atoms with Crippen molar-refractivity contribution in [3.05, 3.63) is 21.8 Å². The van der Waals surface area contributed by atoms with Gasteiger partial charge in [-0.3, -0.25) is 91.9 Å². The van der Waals surface area contributed by atoms with Gasteiger partial charge in [0.05, 0.1) is 75.3 Å². The molecular formula is C51H80I3N13O17. The number of hydrogen-bond acceptors (Lipinski definition) is 20. The lowest BCUT2D eigenvalue weighted by atomic mass is 10.1. The summed E-state index contributed by atoms with van der Waals surface area (Å²) in [4.78, 5) is 155. The second-order valence-electron chi connectivity index (χ2n) is 20.5. The molecule has 2 unspecified atom stereocenters. The smallest absolute Gasteiger partial charge is 0.317 e. The first-order chi connectivity index (χ1) is 39.5. The van der Waals surface area contributed by atoms with E-state index in [1.54, 1.807) is 43.2 Å². The number of Topliss-reactive ketones (excluding diaryl/α,β-unsaturated/α-hetero) is 1. The molecule has 84 heavy (non-hydrogen) atoms. The lowest BCUT2D eigenvalue weighted by molar-refractivity contribution is -0.140. The molecule has 0 bridgehead atoms. The van der Waals surface area contributed by atoms with E-state index in [1.807, 2.05) is 77.6 Å². The minimum atomic E-state index is -1.46. The van der Waals surface area contributed by atoms with Gasteiger partial charge in [0.25, 0.3) is 17.7 Å². The minimum Gasteiger partial charge on any atom is -0.480 e. The highest BCUT2D eigenvalue weighted by Gasteiger charge is 2.33. The van der Waals surface area contributed by atoms with Crippen molar-refractivity contribution in [1.82, 2.24) is 60.5 Å². The number of aliphatic hydroxyl groups is 1. The molecule has 1 aromatic carbocycles. The van der Waals surface area contributed by atoms with E-state index in [0.29, 0.717) is 26.2 Å². The van der Waals surface area contributed by atoms with Crippen LogP contribution in [0.15, 0.2) is 0 Å². The van der Waals surface area contributed by atoms with Gasteiger partial charge in [0.2, 0.25) is 11.8 Å². The molecule has 1 aromatic rings. The molecule has 2 fully saturated rings. The number of halogens is 3. The summed E-state index contributed by atoms with van der Waals surface area (Å²) in [5.74, 6) is -8.41. The summed E-state index contributed by atoms with van der Waals surface area (Å²) in [6.07, 6.45) is -1.46. The Bertz CT molecular complexity index is 2290. The maximum Gasteiger partial charge on any atom is 0.317 e. The number of amides is 5. The summed E-state index contributed by atoms with van der Waals surface area (Å²) < 4.78 is 0.736. The van der Waals surface area contributed by atoms with Crippen LogP contribution in [0, 0.1) is 10.7 Å². The van der Waals surface area contributed by atoms with Gasteiger partial charge in [0.1, 0.15) is 11.9 Å². The number of carboxylic acids is 5. The number of carbonyl (C=O) groups excluding carboxylic acids is 6. The zero-order valence-electron chi connectivity index (χ0n) is 47.9. The summed E-state index contributed by atoms with van der Waals surface area (Å²) in [5.41, 5.74) is 0.184. The first-order valence-corrected chi connectivity index (χ1v) is 30.4. The highest BCUT2D eigenvalue weighted by molar-refractivity contribution is 14.1. The summed E-state index contributed by atoms with van der Waals surface area (Å²) in [6.45, 7) is 8.08. The SMILES string of the molecule is CC(=O)CN1CCN(CC(=O)O)CCN(CC(=O)O)CCN(C(C)C(=O)NCCNC(=O)c2c(I)c(C(=O)NCCNC(=O)C(C)N3CCN(CC(=O)O)CCN(CC(=O)O)CCN(CC(=O)O)CC3)c(I)c(N(C)C(=O)[C@@H](C)O)c2I)CC1. The van der Waals surface area contributed by atoms with Gasteiger partial charge in [0, 0.05) is 142 Å². The number of aliphatic hydroxyl groups excluding tert-OH is 1. The largest absolute Gasteiger partial charge is 0.480 e. The fourth-order valence-electron chi connectivity index (χ4n) is 9.36. The van der Waals surface area contributed by atoms with Crippen molar-refractivity contribution in [1.29, 1.82) is 0 Å². The van der Waals surface area contributed by atoms with Crippen LogP contribution in [0.4, 0.5) is 5.69 Å². The lowest BCUT2D eigenvalue weighted by Crippen LogP contribution is -2.53. The number of ketones is 1. The molecular weight excluding hydrogens is 1450 g/mol. The van der Waals surface area contributed by atoms with Crippen molar-refractivity contribution in [2.45, 2.75) is 45.9 Å². The average molecular weight is 1530 g/mol. The van der Waals surface area contributed by atoms with Crippen molar-refractivity contribution < 1.29 is 83.4 Å². The third kappa shape index (κ3) is 25.4. The quantitative estimate of drug-likeness (QED) is 0.0322. The number of rotatable bonds is 26. The number of aliphatic carboxylic acids is 5. The molecule has 10 N–H and O–H groups in total. The summed E-state index contributed by atoms with van der Waals surface area (Å²) >= 11 is 5.63. The van der Waals surface area contributed by atoms with E-state index >= 15 is 0 Å². The van der Waals surface area contributed by atoms with Crippen LogP contribution in [0.5, 0.6) is 0 Å². The van der Waals surface area contributed by atoms with Gasteiger partial charge in [-0.1, -0.05) is 0 Å². The van der Waals surface area contributed by atoms with E-state index in [0.717, 1.165) is 4.90 Å². The Labute approximate surface area is 528 Å². The van der Waals surface area contributed by atoms with E-state index < -0.39 is 77.6 Å². The predicted octanol–water partition coefficient (Wildman–Crippen LogP) is -3.23. The molecule has 2 aliphatic heterocycles. The number of nitrogens with zero attached hydrogens (tertiary/aromatic N) is 9. The third-order valence-corrected chi connectivity index (χ3v) is 17.2. The first kappa shape index (κ1) is 73.7. The molecule has 472 valence electrons. The highest BCUT2D eigenvalue weighted by Crippen LogP contribution is 2.38. The van der Waals surface area contributed by atoms with E-state index in [2.05, 4.69) is 21.3 Å². The van der Waals surface area contributed by atoms with Crippen LogP contribution in [-0.4, -0.2) is 330 Å². The van der Waals surface area contributed by atoms with Crippen LogP contribution >= 0.6 is 67.8 Å². The van der Waals surface area contributed by atoms with E-state index in [9.17, 15) is 83.4 Å². The maximum absolute atomic E-state index is 14.2. The van der Waals surface area contributed by atoms with E-state index in [4.69, 9.17) is 0 Å². The molecule has 0 aliphatic carbocycles. The molecule has 2 aliphatic rings. The van der Waals surface area contributed by atoms with Gasteiger partial charge in [-0.05, 0) is 95.5 Å². The van der Waals surface area contributed by atoms with Gasteiger partial charge in [-0.25, -0.2) is 0 Å². The predicted molar refractivity (Wildman–Crippen MR) is 330 cm³/mol. The lowest BCUT2D eigenvalue weighted by Gasteiger charge is -2.35. The zero-order chi connectivity index (χ0) is 63.0. The molecule has 5 amide bonds. The molecule has 3 atom stereocenters. The Morgan fingerprint density at radius 2 is 0.679 bits per heavy atom. The number of hydrogen-bond donors (Lipinski definition) is 10. The van der Waals surface area contributed by atoms with E-state index in [-0.39, 0.29) is 177 Å². The van der Waals surface area contributed by atoms with Crippen molar-refractivity contribution in [2.75, 3.05) is 182 Å². The molecule has 3 rings (SSSR count). The van der Waals surface area contributed by atoms with Gasteiger partial charge in [-0.2, -0.15) is 0 Å². The first-order valence-electron chi connectivity index (χ1n) is 27.2. The standard InChI is InChI=1S/C51H80I3N13O17/c1-32(68)26-60-10-11-61(27-36(70)71)12-15-63(29-38(74)75)19-23-66(22-18-60)33(2)47(80)55-6-8-57-49(82)41-43(52)42(45(54)46(44(41)53)59(5)51(84)35(4)69)50(83)58-9-7-56-48(81)34(3)67-24-20-64(30-39(76)77)16-13-62(28-37(72)73)14-17-65(21-25-67)31-40(78)79/h33-35,69H,6-31H2,1-5H3,(H,55,80)(H,56,81)(H,57,82)(H,58,83)(H,70,71)(H,72,73)(H,74,75)(H,76,77)(H,78,79)/t33?,34?,35-/m1/s1. The number of nitrogens with one attached hydrogen (secondary N) is 4. The topological polar surface area (TPSA) is 386 Å². The number of anilines is 1. The third-order valence-electron chi connectivity index (χ3n) is 14.0. The van der Waals surface area contributed by atoms with Crippen LogP contribution in [0.2, 0.25) is 0 Å².